The van der Waals surface area contributed by atoms with Crippen molar-refractivity contribution < 1.29 is 14.7 Å². The maximum Gasteiger partial charge on any atom is 0.327 e. The number of carboxylic acid groups (broad SMARTS) is 1. The number of amides is 1. The maximum absolute atomic E-state index is 10.7. The fourth-order valence-electron chi connectivity index (χ4n) is 0.979. The molecule has 0 aromatic carbocycles. The van der Waals surface area contributed by atoms with Gasteiger partial charge in [0.2, 0.25) is 6.41 Å². The molecule has 1 unspecified atom stereocenters. The highest BCUT2D eigenvalue weighted by Gasteiger charge is 2.16. The normalized spacial score (nSPS) is 12.1. The van der Waals surface area contributed by atoms with Gasteiger partial charge in [-0.1, -0.05) is 0 Å². The van der Waals surface area contributed by atoms with E-state index in [0.29, 0.717) is 17.9 Å². The predicted molar refractivity (Wildman–Crippen MR) is 57.8 cm³/mol. The first kappa shape index (κ1) is 12.5. The van der Waals surface area contributed by atoms with E-state index in [1.807, 2.05) is 7.05 Å². The fourth-order valence-corrected chi connectivity index (χ4v) is 2.01. The number of thioether (sulfide) groups is 1. The van der Waals surface area contributed by atoms with E-state index in [4.69, 9.17) is 5.11 Å². The van der Waals surface area contributed by atoms with Gasteiger partial charge in [0.1, 0.15) is 18.2 Å². The molecule has 0 aliphatic carbocycles. The van der Waals surface area contributed by atoms with Crippen LogP contribution in [0.2, 0.25) is 0 Å². The Morgan fingerprint density at radius 1 is 1.81 bits per heavy atom. The summed E-state index contributed by atoms with van der Waals surface area (Å²) in [6, 6.07) is -0.865. The summed E-state index contributed by atoms with van der Waals surface area (Å²) < 4.78 is 1.76. The Labute approximate surface area is 96.2 Å². The SMILES string of the molecule is Cn1cnnc1CSCC(NC=O)C(=O)O. The lowest BCUT2D eigenvalue weighted by Gasteiger charge is -2.09. The first-order valence-corrected chi connectivity index (χ1v) is 5.63. The summed E-state index contributed by atoms with van der Waals surface area (Å²) in [4.78, 5) is 20.8. The molecule has 1 aromatic rings. The number of nitrogens with zero attached hydrogens (tertiary/aromatic N) is 3. The summed E-state index contributed by atoms with van der Waals surface area (Å²) in [5.41, 5.74) is 0. The molecule has 1 aromatic heterocycles. The Hall–Kier alpha value is -1.57. The van der Waals surface area contributed by atoms with Crippen LogP contribution in [0.25, 0.3) is 0 Å². The van der Waals surface area contributed by atoms with Crippen molar-refractivity contribution in [3.05, 3.63) is 12.2 Å². The molecule has 0 saturated carbocycles. The molecule has 0 spiro atoms. The van der Waals surface area contributed by atoms with Crippen molar-refractivity contribution in [2.45, 2.75) is 11.8 Å². The molecule has 88 valence electrons. The monoisotopic (exact) mass is 244 g/mol. The van der Waals surface area contributed by atoms with Crippen LogP contribution >= 0.6 is 11.8 Å². The molecule has 0 aliphatic rings. The molecule has 1 heterocycles. The summed E-state index contributed by atoms with van der Waals surface area (Å²) >= 11 is 1.38. The summed E-state index contributed by atoms with van der Waals surface area (Å²) in [6.07, 6.45) is 1.97. The fraction of sp³-hybridized carbons (Fsp3) is 0.500. The zero-order valence-corrected chi connectivity index (χ0v) is 9.48. The van der Waals surface area contributed by atoms with Gasteiger partial charge < -0.3 is 15.0 Å². The summed E-state index contributed by atoms with van der Waals surface area (Å²) in [6.45, 7) is 0. The van der Waals surface area contributed by atoms with Gasteiger partial charge in [0.15, 0.2) is 0 Å². The third-order valence-corrected chi connectivity index (χ3v) is 2.92. The Morgan fingerprint density at radius 3 is 3.06 bits per heavy atom. The van der Waals surface area contributed by atoms with Crippen molar-refractivity contribution in [3.63, 3.8) is 0 Å². The second-order valence-electron chi connectivity index (χ2n) is 3.05. The van der Waals surface area contributed by atoms with Gasteiger partial charge in [-0.05, 0) is 0 Å². The Bertz CT molecular complexity index is 368. The lowest BCUT2D eigenvalue weighted by molar-refractivity contribution is -0.139. The summed E-state index contributed by atoms with van der Waals surface area (Å²) in [7, 11) is 1.81. The van der Waals surface area contributed by atoms with E-state index in [9.17, 15) is 9.59 Å². The predicted octanol–water partition coefficient (Wildman–Crippen LogP) is -0.752. The Morgan fingerprint density at radius 2 is 2.56 bits per heavy atom. The molecular weight excluding hydrogens is 232 g/mol. The van der Waals surface area contributed by atoms with E-state index < -0.39 is 12.0 Å². The van der Waals surface area contributed by atoms with Crippen molar-refractivity contribution in [1.29, 1.82) is 0 Å². The molecule has 2 N–H and O–H groups in total. The second kappa shape index (κ2) is 6.11. The van der Waals surface area contributed by atoms with Crippen molar-refractivity contribution in [1.82, 2.24) is 20.1 Å². The van der Waals surface area contributed by atoms with Gasteiger partial charge in [-0.25, -0.2) is 4.79 Å². The van der Waals surface area contributed by atoms with Gasteiger partial charge >= 0.3 is 5.97 Å². The van der Waals surface area contributed by atoms with Crippen LogP contribution in [-0.4, -0.2) is 44.0 Å². The van der Waals surface area contributed by atoms with Crippen LogP contribution < -0.4 is 5.32 Å². The molecule has 0 bridgehead atoms. The maximum atomic E-state index is 10.7. The number of nitrogens with one attached hydrogen (secondary N) is 1. The van der Waals surface area contributed by atoms with Crippen molar-refractivity contribution in [2.75, 3.05) is 5.75 Å². The number of carbonyl (C=O) groups excluding carboxylic acids is 1. The number of rotatable bonds is 7. The van der Waals surface area contributed by atoms with E-state index in [1.54, 1.807) is 10.9 Å². The molecular formula is C8H12N4O3S. The summed E-state index contributed by atoms with van der Waals surface area (Å²) in [5.74, 6) is 0.569. The highest BCUT2D eigenvalue weighted by Crippen LogP contribution is 2.10. The van der Waals surface area contributed by atoms with Crippen LogP contribution in [0.4, 0.5) is 0 Å². The quantitative estimate of drug-likeness (QED) is 0.612. The van der Waals surface area contributed by atoms with Crippen molar-refractivity contribution in [3.8, 4) is 0 Å². The number of carbonyl (C=O) groups is 2. The average Bonchev–Trinajstić information content (AvgIpc) is 2.63. The second-order valence-corrected chi connectivity index (χ2v) is 4.08. The molecule has 16 heavy (non-hydrogen) atoms. The van der Waals surface area contributed by atoms with E-state index in [-0.39, 0.29) is 0 Å². The van der Waals surface area contributed by atoms with Crippen LogP contribution in [0.5, 0.6) is 0 Å². The minimum atomic E-state index is -1.04. The molecule has 8 heteroatoms. The molecule has 1 rings (SSSR count). The zero-order valence-electron chi connectivity index (χ0n) is 8.66. The van der Waals surface area contributed by atoms with Crippen molar-refractivity contribution in [2.24, 2.45) is 7.05 Å². The molecule has 0 aliphatic heterocycles. The van der Waals surface area contributed by atoms with Gasteiger partial charge in [0, 0.05) is 12.8 Å². The standard InChI is InChI=1S/C8H12N4O3S/c1-12-4-10-11-7(12)3-16-2-6(8(14)15)9-5-13/h4-6H,2-3H2,1H3,(H,9,13)(H,14,15). The number of hydrogen-bond acceptors (Lipinski definition) is 5. The van der Waals surface area contributed by atoms with Crippen LogP contribution in [0.15, 0.2) is 6.33 Å². The largest absolute Gasteiger partial charge is 0.480 e. The lowest BCUT2D eigenvalue weighted by atomic mass is 10.3. The van der Waals surface area contributed by atoms with E-state index in [2.05, 4.69) is 15.5 Å². The Kier molecular flexibility index (Phi) is 4.77. The number of aromatic nitrogens is 3. The van der Waals surface area contributed by atoms with Crippen LogP contribution in [0.3, 0.4) is 0 Å². The molecule has 0 radical (unpaired) electrons. The number of aryl methyl sites for hydroxylation is 1. The van der Waals surface area contributed by atoms with Crippen LogP contribution in [-0.2, 0) is 22.4 Å². The molecule has 7 nitrogen and oxygen atoms in total. The van der Waals surface area contributed by atoms with Crippen LogP contribution in [0, 0.1) is 0 Å². The third-order valence-electron chi connectivity index (χ3n) is 1.89. The first-order valence-electron chi connectivity index (χ1n) is 4.48. The highest BCUT2D eigenvalue weighted by atomic mass is 32.2. The smallest absolute Gasteiger partial charge is 0.327 e. The molecule has 1 atom stereocenters. The van der Waals surface area contributed by atoms with Gasteiger partial charge in [-0.3, -0.25) is 4.79 Å². The molecule has 0 saturated heterocycles. The zero-order chi connectivity index (χ0) is 12.0. The summed E-state index contributed by atoms with van der Waals surface area (Å²) in [5, 5.41) is 18.5. The van der Waals surface area contributed by atoms with E-state index >= 15 is 0 Å². The highest BCUT2D eigenvalue weighted by molar-refractivity contribution is 7.98. The van der Waals surface area contributed by atoms with Gasteiger partial charge in [-0.15, -0.1) is 10.2 Å². The minimum absolute atomic E-state index is 0.293. The number of aliphatic carboxylic acids is 1. The molecule has 1 amide bonds. The average molecular weight is 244 g/mol. The topological polar surface area (TPSA) is 97.1 Å². The first-order chi connectivity index (χ1) is 7.65. The van der Waals surface area contributed by atoms with Gasteiger partial charge in [-0.2, -0.15) is 11.8 Å². The van der Waals surface area contributed by atoms with Gasteiger partial charge in [0.05, 0.1) is 5.75 Å². The van der Waals surface area contributed by atoms with E-state index in [0.717, 1.165) is 5.82 Å². The third kappa shape index (κ3) is 3.54. The van der Waals surface area contributed by atoms with Crippen LogP contribution in [0.1, 0.15) is 5.82 Å². The van der Waals surface area contributed by atoms with Gasteiger partial charge in [0.25, 0.3) is 0 Å². The lowest BCUT2D eigenvalue weighted by Crippen LogP contribution is -2.37. The van der Waals surface area contributed by atoms with E-state index in [1.165, 1.54) is 11.8 Å². The van der Waals surface area contributed by atoms with Crippen molar-refractivity contribution >= 4 is 24.1 Å². The number of hydrogen-bond donors (Lipinski definition) is 2. The minimum Gasteiger partial charge on any atom is -0.480 e. The Balaban J connectivity index is 2.36. The number of carboxylic acids is 1. The molecule has 0 fully saturated rings.